The first-order chi connectivity index (χ1) is 9.97. The maximum Gasteiger partial charge on any atom is 0.308 e. The van der Waals surface area contributed by atoms with Gasteiger partial charge in [0.15, 0.2) is 0 Å². The molecule has 1 amide bonds. The number of aliphatic carboxylic acids is 1. The first-order valence-electron chi connectivity index (χ1n) is 6.99. The second-order valence-corrected chi connectivity index (χ2v) is 5.86. The van der Waals surface area contributed by atoms with Crippen molar-refractivity contribution in [3.8, 4) is 5.75 Å². The van der Waals surface area contributed by atoms with E-state index in [1.54, 1.807) is 0 Å². The highest BCUT2D eigenvalue weighted by Crippen LogP contribution is 2.48. The molecule has 6 heteroatoms. The molecule has 2 saturated carbocycles. The Morgan fingerprint density at radius 1 is 1.24 bits per heavy atom. The van der Waals surface area contributed by atoms with Crippen LogP contribution in [0.15, 0.2) is 18.2 Å². The summed E-state index contributed by atoms with van der Waals surface area (Å²) in [5.74, 6) is -2.94. The molecule has 2 bridgehead atoms. The highest BCUT2D eigenvalue weighted by atomic mass is 19.1. The number of phenolic OH excluding ortho intramolecular Hbond substituents is 1. The summed E-state index contributed by atoms with van der Waals surface area (Å²) in [5.41, 5.74) is -0.181. The maximum absolute atomic E-state index is 13.7. The summed E-state index contributed by atoms with van der Waals surface area (Å²) in [6, 6.07) is 2.85. The number of nitrogens with one attached hydrogen (secondary N) is 1. The average Bonchev–Trinajstić information content (AvgIpc) is 2.98. The summed E-state index contributed by atoms with van der Waals surface area (Å²) in [4.78, 5) is 23.5. The standard InChI is InChI=1S/C15H16FNO4/c16-11-6-9(18)3-4-10(11)14(19)17-13-8-2-1-7(5-8)12(13)15(20)21/h3-4,6-8,12-13,18H,1-2,5H2,(H,17,19)(H,20,21). The molecule has 0 radical (unpaired) electrons. The molecule has 4 unspecified atom stereocenters. The third-order valence-corrected chi connectivity index (χ3v) is 4.70. The van der Waals surface area contributed by atoms with Crippen LogP contribution in [0, 0.1) is 23.6 Å². The van der Waals surface area contributed by atoms with Crippen molar-refractivity contribution < 1.29 is 24.2 Å². The Labute approximate surface area is 120 Å². The van der Waals surface area contributed by atoms with Crippen LogP contribution in [0.5, 0.6) is 5.75 Å². The number of rotatable bonds is 3. The number of carboxylic acid groups (broad SMARTS) is 1. The van der Waals surface area contributed by atoms with Crippen molar-refractivity contribution >= 4 is 11.9 Å². The average molecular weight is 293 g/mol. The fraction of sp³-hybridized carbons (Fsp3) is 0.467. The molecule has 3 N–H and O–H groups in total. The molecule has 1 aromatic carbocycles. The number of carbonyl (C=O) groups is 2. The molecule has 4 atom stereocenters. The van der Waals surface area contributed by atoms with E-state index in [2.05, 4.69) is 5.32 Å². The lowest BCUT2D eigenvalue weighted by Gasteiger charge is -2.28. The molecule has 2 aliphatic rings. The van der Waals surface area contributed by atoms with Gasteiger partial charge < -0.3 is 15.5 Å². The van der Waals surface area contributed by atoms with E-state index in [0.717, 1.165) is 25.3 Å². The molecular weight excluding hydrogens is 277 g/mol. The molecule has 112 valence electrons. The van der Waals surface area contributed by atoms with Crippen LogP contribution in [0.3, 0.4) is 0 Å². The Kier molecular flexibility index (Phi) is 3.31. The smallest absolute Gasteiger partial charge is 0.308 e. The SMILES string of the molecule is O=C(NC1C2CCC(C2)C1C(=O)O)c1ccc(O)cc1F. The molecule has 0 spiro atoms. The minimum absolute atomic E-state index is 0.0995. The predicted octanol–water partition coefficient (Wildman–Crippen LogP) is 1.76. The summed E-state index contributed by atoms with van der Waals surface area (Å²) in [6.07, 6.45) is 2.58. The van der Waals surface area contributed by atoms with Crippen molar-refractivity contribution in [2.24, 2.45) is 17.8 Å². The van der Waals surface area contributed by atoms with Crippen LogP contribution < -0.4 is 5.32 Å². The fourth-order valence-corrected chi connectivity index (χ4v) is 3.77. The lowest BCUT2D eigenvalue weighted by molar-refractivity contribution is -0.144. The van der Waals surface area contributed by atoms with Crippen LogP contribution in [0.4, 0.5) is 4.39 Å². The van der Waals surface area contributed by atoms with Gasteiger partial charge in [0.1, 0.15) is 11.6 Å². The number of hydrogen-bond donors (Lipinski definition) is 3. The Morgan fingerprint density at radius 2 is 1.95 bits per heavy atom. The zero-order valence-electron chi connectivity index (χ0n) is 11.3. The van der Waals surface area contributed by atoms with Crippen molar-refractivity contribution in [2.45, 2.75) is 25.3 Å². The third-order valence-electron chi connectivity index (χ3n) is 4.70. The van der Waals surface area contributed by atoms with Gasteiger partial charge in [-0.1, -0.05) is 0 Å². The summed E-state index contributed by atoms with van der Waals surface area (Å²) in [6.45, 7) is 0. The number of carboxylic acids is 1. The third kappa shape index (κ3) is 2.34. The quantitative estimate of drug-likeness (QED) is 0.792. The van der Waals surface area contributed by atoms with Gasteiger partial charge in [0.2, 0.25) is 0 Å². The first-order valence-corrected chi connectivity index (χ1v) is 6.99. The molecule has 3 rings (SSSR count). The lowest BCUT2D eigenvalue weighted by Crippen LogP contribution is -2.47. The number of aromatic hydroxyl groups is 1. The van der Waals surface area contributed by atoms with Crippen molar-refractivity contribution in [2.75, 3.05) is 0 Å². The zero-order chi connectivity index (χ0) is 15.1. The van der Waals surface area contributed by atoms with Crippen LogP contribution in [-0.2, 0) is 4.79 Å². The normalized spacial score (nSPS) is 30.3. The summed E-state index contributed by atoms with van der Waals surface area (Å²) in [7, 11) is 0. The molecule has 1 aromatic rings. The van der Waals surface area contributed by atoms with Crippen LogP contribution in [0.2, 0.25) is 0 Å². The molecule has 21 heavy (non-hydrogen) atoms. The van der Waals surface area contributed by atoms with E-state index in [-0.39, 0.29) is 23.1 Å². The van der Waals surface area contributed by atoms with E-state index in [9.17, 15) is 19.1 Å². The van der Waals surface area contributed by atoms with Crippen LogP contribution in [0.25, 0.3) is 0 Å². The number of amides is 1. The second-order valence-electron chi connectivity index (χ2n) is 5.86. The van der Waals surface area contributed by atoms with Gasteiger partial charge in [-0.2, -0.15) is 0 Å². The second kappa shape index (κ2) is 5.02. The number of phenols is 1. The molecule has 5 nitrogen and oxygen atoms in total. The monoisotopic (exact) mass is 293 g/mol. The number of hydrogen-bond acceptors (Lipinski definition) is 3. The van der Waals surface area contributed by atoms with Gasteiger partial charge in [-0.25, -0.2) is 4.39 Å². The minimum Gasteiger partial charge on any atom is -0.508 e. The van der Waals surface area contributed by atoms with Crippen LogP contribution in [-0.4, -0.2) is 28.1 Å². The van der Waals surface area contributed by atoms with Crippen LogP contribution in [0.1, 0.15) is 29.6 Å². The summed E-state index contributed by atoms with van der Waals surface area (Å²) < 4.78 is 13.7. The zero-order valence-corrected chi connectivity index (χ0v) is 11.3. The van der Waals surface area contributed by atoms with Gasteiger partial charge in [0.25, 0.3) is 5.91 Å². The number of carbonyl (C=O) groups excluding carboxylic acids is 1. The Balaban J connectivity index is 1.79. The molecule has 2 aliphatic carbocycles. The number of halogens is 1. The van der Waals surface area contributed by atoms with E-state index < -0.39 is 29.7 Å². The summed E-state index contributed by atoms with van der Waals surface area (Å²) in [5, 5.41) is 21.2. The van der Waals surface area contributed by atoms with E-state index in [1.165, 1.54) is 12.1 Å². The number of benzene rings is 1. The minimum atomic E-state index is -0.904. The Morgan fingerprint density at radius 3 is 2.62 bits per heavy atom. The molecule has 0 aromatic heterocycles. The van der Waals surface area contributed by atoms with E-state index in [4.69, 9.17) is 5.11 Å². The van der Waals surface area contributed by atoms with Crippen molar-refractivity contribution in [1.82, 2.24) is 5.32 Å². The van der Waals surface area contributed by atoms with E-state index in [0.29, 0.717) is 0 Å². The Hall–Kier alpha value is -2.11. The van der Waals surface area contributed by atoms with Crippen molar-refractivity contribution in [3.05, 3.63) is 29.6 Å². The van der Waals surface area contributed by atoms with Crippen molar-refractivity contribution in [1.29, 1.82) is 0 Å². The van der Waals surface area contributed by atoms with Gasteiger partial charge in [0, 0.05) is 12.1 Å². The molecule has 0 aliphatic heterocycles. The van der Waals surface area contributed by atoms with Crippen LogP contribution >= 0.6 is 0 Å². The number of fused-ring (bicyclic) bond motifs is 2. The molecular formula is C15H16FNO4. The van der Waals surface area contributed by atoms with E-state index in [1.807, 2.05) is 0 Å². The van der Waals surface area contributed by atoms with Gasteiger partial charge in [-0.3, -0.25) is 9.59 Å². The Bertz CT molecular complexity index is 603. The molecule has 0 saturated heterocycles. The lowest BCUT2D eigenvalue weighted by atomic mass is 9.84. The molecule has 2 fully saturated rings. The largest absolute Gasteiger partial charge is 0.508 e. The summed E-state index contributed by atoms with van der Waals surface area (Å²) >= 11 is 0. The predicted molar refractivity (Wildman–Crippen MR) is 71.3 cm³/mol. The first kappa shape index (κ1) is 13.9. The van der Waals surface area contributed by atoms with Gasteiger partial charge in [-0.05, 0) is 43.2 Å². The fourth-order valence-electron chi connectivity index (χ4n) is 3.77. The highest BCUT2D eigenvalue weighted by molar-refractivity contribution is 5.95. The van der Waals surface area contributed by atoms with Crippen molar-refractivity contribution in [3.63, 3.8) is 0 Å². The maximum atomic E-state index is 13.7. The molecule has 0 heterocycles. The van der Waals surface area contributed by atoms with E-state index >= 15 is 0 Å². The van der Waals surface area contributed by atoms with Gasteiger partial charge in [0.05, 0.1) is 11.5 Å². The van der Waals surface area contributed by atoms with Gasteiger partial charge in [-0.15, -0.1) is 0 Å². The highest BCUT2D eigenvalue weighted by Gasteiger charge is 2.51. The topological polar surface area (TPSA) is 86.6 Å². The van der Waals surface area contributed by atoms with Gasteiger partial charge >= 0.3 is 5.97 Å².